The van der Waals surface area contributed by atoms with Crippen LogP contribution in [0.4, 0.5) is 0 Å². The molecule has 0 bridgehead atoms. The fraction of sp³-hybridized carbons (Fsp3) is 0.639. The standard InChI is InChI=1S/C36H61N9O10/c1-21(2)18-27(31(39)50)44-35(54)28(19-22-10-12-23(47)13-11-22)45-33(52)25(9-5-7-17-38)41-32(51)24(8-4-6-16-37)42-34(53)26(14-15-30(48)49)43-36(55)29(20-46)40-3/h10-13,21,24-29,40,46-47H,4-9,14-20,37-38H2,1-3H3,(H2,39,50)(H,41,51)(H,42,53)(H,43,55)(H,44,54)(H,45,52)(H,48,49)/t24-,25-,26-,27-,28-,29-/m0/s1. The smallest absolute Gasteiger partial charge is 0.303 e. The van der Waals surface area contributed by atoms with Gasteiger partial charge in [0.15, 0.2) is 0 Å². The summed E-state index contributed by atoms with van der Waals surface area (Å²) in [6, 6.07) is -1.29. The number of carboxylic acid groups (broad SMARTS) is 1. The Bertz CT molecular complexity index is 1390. The molecule has 1 rings (SSSR count). The number of hydrogen-bond acceptors (Lipinski definition) is 12. The van der Waals surface area contributed by atoms with E-state index in [1.807, 2.05) is 13.8 Å². The van der Waals surface area contributed by atoms with Gasteiger partial charge in [0.05, 0.1) is 6.61 Å². The maximum Gasteiger partial charge on any atom is 0.303 e. The van der Waals surface area contributed by atoms with Crippen LogP contribution in [0, 0.1) is 5.92 Å². The lowest BCUT2D eigenvalue weighted by Crippen LogP contribution is -2.60. The number of carbonyl (C=O) groups is 7. The summed E-state index contributed by atoms with van der Waals surface area (Å²) in [6.45, 7) is 3.68. The van der Waals surface area contributed by atoms with Gasteiger partial charge in [-0.2, -0.15) is 0 Å². The van der Waals surface area contributed by atoms with E-state index in [-0.39, 0.29) is 50.3 Å². The maximum absolute atomic E-state index is 13.9. The molecule has 0 heterocycles. The van der Waals surface area contributed by atoms with Gasteiger partial charge in [-0.05, 0) is 95.1 Å². The number of hydrogen-bond donors (Lipinski definition) is 12. The van der Waals surface area contributed by atoms with Crippen molar-refractivity contribution in [1.82, 2.24) is 31.9 Å². The van der Waals surface area contributed by atoms with Crippen LogP contribution < -0.4 is 49.1 Å². The third-order valence-corrected chi connectivity index (χ3v) is 8.66. The largest absolute Gasteiger partial charge is 0.508 e. The van der Waals surface area contributed by atoms with Gasteiger partial charge < -0.3 is 64.4 Å². The SMILES string of the molecule is CN[C@@H](CO)C(=O)N[C@@H](CCC(=O)O)C(=O)N[C@@H](CCCCN)C(=O)N[C@@H](CCCCN)C(=O)N[C@@H](Cc1ccc(O)cc1)C(=O)N[C@@H](CC(C)C)C(N)=O. The zero-order valence-corrected chi connectivity index (χ0v) is 32.0. The van der Waals surface area contributed by atoms with Gasteiger partial charge in [-0.25, -0.2) is 0 Å². The molecule has 1 aromatic carbocycles. The summed E-state index contributed by atoms with van der Waals surface area (Å²) in [5, 5.41) is 44.1. The number of amides is 6. The van der Waals surface area contributed by atoms with E-state index in [1.165, 1.54) is 19.2 Å². The number of primary amides is 1. The molecule has 19 nitrogen and oxygen atoms in total. The molecular formula is C36H61N9O10. The summed E-state index contributed by atoms with van der Waals surface area (Å²) in [7, 11) is 1.41. The molecule has 0 spiro atoms. The second kappa shape index (κ2) is 26.0. The topological polar surface area (TPSA) is 330 Å². The molecule has 0 fully saturated rings. The number of phenols is 1. The zero-order chi connectivity index (χ0) is 41.5. The van der Waals surface area contributed by atoms with Crippen LogP contribution in [0.25, 0.3) is 0 Å². The average Bonchev–Trinajstić information content (AvgIpc) is 3.12. The molecule has 0 saturated heterocycles. The lowest BCUT2D eigenvalue weighted by Gasteiger charge is -2.27. The fourth-order valence-corrected chi connectivity index (χ4v) is 5.52. The molecule has 19 heteroatoms. The Morgan fingerprint density at radius 3 is 1.45 bits per heavy atom. The van der Waals surface area contributed by atoms with Gasteiger partial charge in [0.1, 0.15) is 42.0 Å². The highest BCUT2D eigenvalue weighted by molar-refractivity contribution is 5.96. The summed E-state index contributed by atoms with van der Waals surface area (Å²) in [5.41, 5.74) is 17.5. The molecule has 0 radical (unpaired) electrons. The van der Waals surface area contributed by atoms with Crippen LogP contribution in [0.3, 0.4) is 0 Å². The molecule has 0 aromatic heterocycles. The number of unbranched alkanes of at least 4 members (excludes halogenated alkanes) is 2. The van der Waals surface area contributed by atoms with Crippen molar-refractivity contribution in [3.63, 3.8) is 0 Å². The van der Waals surface area contributed by atoms with Crippen molar-refractivity contribution in [3.05, 3.63) is 29.8 Å². The molecule has 0 saturated carbocycles. The molecule has 0 aliphatic heterocycles. The Labute approximate surface area is 321 Å². The number of rotatable bonds is 28. The second-order valence-electron chi connectivity index (χ2n) is 13.7. The van der Waals surface area contributed by atoms with Gasteiger partial charge >= 0.3 is 5.97 Å². The maximum atomic E-state index is 13.9. The van der Waals surface area contributed by atoms with Gasteiger partial charge in [0.2, 0.25) is 35.4 Å². The summed E-state index contributed by atoms with van der Waals surface area (Å²) < 4.78 is 0. The molecule has 0 unspecified atom stereocenters. The van der Waals surface area contributed by atoms with Crippen molar-refractivity contribution < 1.29 is 48.9 Å². The first-order valence-electron chi connectivity index (χ1n) is 18.6. The van der Waals surface area contributed by atoms with Crippen molar-refractivity contribution in [1.29, 1.82) is 0 Å². The third kappa shape index (κ3) is 18.8. The Morgan fingerprint density at radius 1 is 0.636 bits per heavy atom. The predicted octanol–water partition coefficient (Wildman–Crippen LogP) is -2.41. The van der Waals surface area contributed by atoms with E-state index in [1.54, 1.807) is 12.1 Å². The van der Waals surface area contributed by atoms with Crippen LogP contribution in [0.2, 0.25) is 0 Å². The van der Waals surface area contributed by atoms with Crippen molar-refractivity contribution in [2.45, 2.75) is 114 Å². The number of aliphatic carboxylic acids is 1. The quantitative estimate of drug-likeness (QED) is 0.0395. The number of nitrogens with one attached hydrogen (secondary N) is 6. The molecular weight excluding hydrogens is 718 g/mol. The molecule has 0 aliphatic rings. The molecule has 310 valence electrons. The number of carbonyl (C=O) groups excluding carboxylic acids is 6. The number of aliphatic hydroxyl groups is 1. The number of aliphatic hydroxyl groups excluding tert-OH is 1. The van der Waals surface area contributed by atoms with E-state index in [9.17, 15) is 48.9 Å². The Balaban J connectivity index is 3.42. The number of carboxylic acids is 1. The van der Waals surface area contributed by atoms with E-state index < -0.39 is 90.7 Å². The third-order valence-electron chi connectivity index (χ3n) is 8.66. The highest BCUT2D eigenvalue weighted by atomic mass is 16.4. The van der Waals surface area contributed by atoms with Crippen molar-refractivity contribution in [2.24, 2.45) is 23.1 Å². The normalized spacial score (nSPS) is 14.4. The number of phenolic OH excluding ortho intramolecular Hbond substituents is 1. The Kier molecular flexibility index (Phi) is 22.8. The first-order valence-corrected chi connectivity index (χ1v) is 18.6. The molecule has 6 atom stereocenters. The minimum Gasteiger partial charge on any atom is -0.508 e. The Morgan fingerprint density at radius 2 is 1.05 bits per heavy atom. The zero-order valence-electron chi connectivity index (χ0n) is 32.0. The molecule has 1 aromatic rings. The van der Waals surface area contributed by atoms with Crippen LogP contribution in [0.1, 0.15) is 77.2 Å². The van der Waals surface area contributed by atoms with Crippen molar-refractivity contribution in [2.75, 3.05) is 26.7 Å². The van der Waals surface area contributed by atoms with E-state index in [2.05, 4.69) is 31.9 Å². The van der Waals surface area contributed by atoms with E-state index in [0.717, 1.165) is 0 Å². The van der Waals surface area contributed by atoms with Crippen LogP contribution in [0.15, 0.2) is 24.3 Å². The minimum absolute atomic E-state index is 0.00195. The van der Waals surface area contributed by atoms with Gasteiger partial charge in [-0.1, -0.05) is 26.0 Å². The minimum atomic E-state index is -1.39. The first-order chi connectivity index (χ1) is 26.1. The number of nitrogens with two attached hydrogens (primary N) is 3. The first kappa shape index (κ1) is 48.2. The van der Waals surface area contributed by atoms with Crippen LogP contribution in [-0.2, 0) is 40.0 Å². The van der Waals surface area contributed by atoms with Gasteiger partial charge in [0, 0.05) is 12.8 Å². The number of likely N-dealkylation sites (N-methyl/N-ethyl adjacent to an activating group) is 1. The summed E-state index contributed by atoms with van der Waals surface area (Å²) in [6.07, 6.45) is 1.28. The van der Waals surface area contributed by atoms with Crippen molar-refractivity contribution >= 4 is 41.4 Å². The lowest BCUT2D eigenvalue weighted by molar-refractivity contribution is -0.138. The molecule has 0 aliphatic carbocycles. The van der Waals surface area contributed by atoms with E-state index in [4.69, 9.17) is 17.2 Å². The lowest BCUT2D eigenvalue weighted by atomic mass is 10.0. The number of benzene rings is 1. The van der Waals surface area contributed by atoms with E-state index >= 15 is 0 Å². The summed E-state index contributed by atoms with van der Waals surface area (Å²) in [5.74, 6) is -5.86. The highest BCUT2D eigenvalue weighted by Gasteiger charge is 2.33. The van der Waals surface area contributed by atoms with Gasteiger partial charge in [-0.15, -0.1) is 0 Å². The van der Waals surface area contributed by atoms with Crippen LogP contribution >= 0.6 is 0 Å². The fourth-order valence-electron chi connectivity index (χ4n) is 5.52. The summed E-state index contributed by atoms with van der Waals surface area (Å²) in [4.78, 5) is 91.1. The predicted molar refractivity (Wildman–Crippen MR) is 203 cm³/mol. The molecule has 55 heavy (non-hydrogen) atoms. The van der Waals surface area contributed by atoms with Gasteiger partial charge in [0.25, 0.3) is 0 Å². The van der Waals surface area contributed by atoms with Crippen LogP contribution in [-0.4, -0.2) is 120 Å². The Hall–Kier alpha value is -4.85. The average molecular weight is 780 g/mol. The highest BCUT2D eigenvalue weighted by Crippen LogP contribution is 2.14. The van der Waals surface area contributed by atoms with E-state index in [0.29, 0.717) is 37.8 Å². The van der Waals surface area contributed by atoms with Crippen LogP contribution in [0.5, 0.6) is 5.75 Å². The monoisotopic (exact) mass is 779 g/mol. The summed E-state index contributed by atoms with van der Waals surface area (Å²) >= 11 is 0. The molecule has 15 N–H and O–H groups in total. The second-order valence-corrected chi connectivity index (χ2v) is 13.7. The number of aromatic hydroxyl groups is 1. The van der Waals surface area contributed by atoms with Crippen molar-refractivity contribution in [3.8, 4) is 5.75 Å². The molecule has 6 amide bonds. The van der Waals surface area contributed by atoms with Gasteiger partial charge in [-0.3, -0.25) is 33.6 Å².